The number of sulfone groups is 1. The first-order valence-corrected chi connectivity index (χ1v) is 9.50. The molecule has 0 atom stereocenters. The van der Waals surface area contributed by atoms with Crippen molar-refractivity contribution < 1.29 is 26.7 Å². The van der Waals surface area contributed by atoms with Gasteiger partial charge in [-0.1, -0.05) is 0 Å². The Morgan fingerprint density at radius 3 is 2.38 bits per heavy atom. The van der Waals surface area contributed by atoms with E-state index in [9.17, 15) is 22.0 Å². The minimum Gasteiger partial charge on any atom is -0.478 e. The molecule has 3 rings (SSSR count). The summed E-state index contributed by atoms with van der Waals surface area (Å²) in [5.41, 5.74) is -1.32. The van der Waals surface area contributed by atoms with Gasteiger partial charge in [-0.15, -0.1) is 0 Å². The van der Waals surface area contributed by atoms with Gasteiger partial charge < -0.3 is 4.74 Å². The highest BCUT2D eigenvalue weighted by atomic mass is 32.2. The van der Waals surface area contributed by atoms with Gasteiger partial charge in [-0.25, -0.2) is 22.2 Å². The number of carbonyl (C=O) groups excluding carboxylic acids is 1. The molecule has 0 saturated carbocycles. The summed E-state index contributed by atoms with van der Waals surface area (Å²) >= 11 is 0. The maximum atomic E-state index is 14.3. The predicted molar refractivity (Wildman–Crippen MR) is 90.7 cm³/mol. The molecule has 26 heavy (non-hydrogen) atoms. The van der Waals surface area contributed by atoms with Crippen LogP contribution in [-0.2, 0) is 19.4 Å². The van der Waals surface area contributed by atoms with Gasteiger partial charge in [0.2, 0.25) is 5.78 Å². The Bertz CT molecular complexity index is 1040. The van der Waals surface area contributed by atoms with E-state index in [1.54, 1.807) is 0 Å². The summed E-state index contributed by atoms with van der Waals surface area (Å²) in [5.74, 6) is -1.95. The Hall–Kier alpha value is -2.61. The number of nitrogens with zero attached hydrogens (tertiary/aromatic N) is 1. The molecule has 1 aliphatic heterocycles. The molecular formula is C18H15F2NO4S. The van der Waals surface area contributed by atoms with Gasteiger partial charge in [0.05, 0.1) is 5.57 Å². The van der Waals surface area contributed by atoms with Crippen LogP contribution in [0.25, 0.3) is 11.3 Å². The fourth-order valence-corrected chi connectivity index (χ4v) is 3.19. The molecule has 0 fully saturated rings. The van der Waals surface area contributed by atoms with Gasteiger partial charge in [0.25, 0.3) is 0 Å². The summed E-state index contributed by atoms with van der Waals surface area (Å²) < 4.78 is 56.6. The van der Waals surface area contributed by atoms with Crippen molar-refractivity contribution in [1.29, 1.82) is 0 Å². The van der Waals surface area contributed by atoms with Crippen LogP contribution in [0, 0.1) is 11.6 Å². The Labute approximate surface area is 149 Å². The Kier molecular flexibility index (Phi) is 4.18. The molecule has 2 heterocycles. The number of aromatic nitrogens is 1. The zero-order chi connectivity index (χ0) is 19.3. The first-order valence-electron chi connectivity index (χ1n) is 7.61. The molecule has 0 aliphatic carbocycles. The molecule has 0 spiro atoms. The summed E-state index contributed by atoms with van der Waals surface area (Å²) in [6.07, 6.45) is 2.23. The zero-order valence-corrected chi connectivity index (χ0v) is 15.0. The number of rotatable bonds is 3. The van der Waals surface area contributed by atoms with Crippen molar-refractivity contribution in [2.75, 3.05) is 6.26 Å². The molecule has 0 bridgehead atoms. The standard InChI is InChI=1S/C18H15F2NO4S/c1-18(2)17(22)15(12-8-11(19)5-6-13(12)20)16(25-18)10-4-7-14(21-9-10)26(3,23)24/h4-9H,1-3H3. The van der Waals surface area contributed by atoms with Crippen LogP contribution in [0.4, 0.5) is 8.78 Å². The maximum Gasteiger partial charge on any atom is 0.210 e. The van der Waals surface area contributed by atoms with Gasteiger partial charge in [0, 0.05) is 23.6 Å². The smallest absolute Gasteiger partial charge is 0.210 e. The van der Waals surface area contributed by atoms with E-state index in [1.807, 2.05) is 0 Å². The van der Waals surface area contributed by atoms with E-state index in [2.05, 4.69) is 4.98 Å². The quantitative estimate of drug-likeness (QED) is 0.820. The number of Topliss-reactive ketones (excluding diaryl/α,β-unsaturated/α-hetero) is 1. The molecule has 0 amide bonds. The molecule has 0 unspecified atom stereocenters. The zero-order valence-electron chi connectivity index (χ0n) is 14.2. The molecule has 5 nitrogen and oxygen atoms in total. The van der Waals surface area contributed by atoms with E-state index >= 15 is 0 Å². The summed E-state index contributed by atoms with van der Waals surface area (Å²) in [5, 5.41) is -0.149. The molecule has 1 aliphatic rings. The van der Waals surface area contributed by atoms with Crippen molar-refractivity contribution in [2.45, 2.75) is 24.5 Å². The van der Waals surface area contributed by atoms with Crippen molar-refractivity contribution in [3.63, 3.8) is 0 Å². The fraction of sp³-hybridized carbons (Fsp3) is 0.222. The highest BCUT2D eigenvalue weighted by molar-refractivity contribution is 7.90. The largest absolute Gasteiger partial charge is 0.478 e. The maximum absolute atomic E-state index is 14.3. The third kappa shape index (κ3) is 3.12. The van der Waals surface area contributed by atoms with Crippen LogP contribution in [0.3, 0.4) is 0 Å². The number of ketones is 1. The van der Waals surface area contributed by atoms with Gasteiger partial charge in [0.15, 0.2) is 20.5 Å². The van der Waals surface area contributed by atoms with Gasteiger partial charge in [-0.3, -0.25) is 4.79 Å². The lowest BCUT2D eigenvalue weighted by molar-refractivity contribution is -0.125. The number of hydrogen-bond donors (Lipinski definition) is 0. The molecule has 136 valence electrons. The summed E-state index contributed by atoms with van der Waals surface area (Å²) in [6, 6.07) is 5.47. The van der Waals surface area contributed by atoms with Crippen LogP contribution < -0.4 is 0 Å². The average Bonchev–Trinajstić information content (AvgIpc) is 2.79. The Morgan fingerprint density at radius 1 is 1.12 bits per heavy atom. The number of carbonyl (C=O) groups is 1. The van der Waals surface area contributed by atoms with Gasteiger partial charge in [-0.05, 0) is 44.2 Å². The van der Waals surface area contributed by atoms with E-state index in [4.69, 9.17) is 4.74 Å². The topological polar surface area (TPSA) is 73.3 Å². The second-order valence-corrected chi connectivity index (χ2v) is 8.39. The van der Waals surface area contributed by atoms with Gasteiger partial charge in [-0.2, -0.15) is 0 Å². The monoisotopic (exact) mass is 379 g/mol. The highest BCUT2D eigenvalue weighted by Gasteiger charge is 2.43. The molecule has 1 aromatic carbocycles. The van der Waals surface area contributed by atoms with Crippen LogP contribution in [0.15, 0.2) is 41.6 Å². The highest BCUT2D eigenvalue weighted by Crippen LogP contribution is 2.42. The first-order chi connectivity index (χ1) is 12.0. The first kappa shape index (κ1) is 18.2. The van der Waals surface area contributed by atoms with Crippen LogP contribution >= 0.6 is 0 Å². The lowest BCUT2D eigenvalue weighted by Crippen LogP contribution is -2.29. The summed E-state index contributed by atoms with van der Waals surface area (Å²) in [7, 11) is -3.50. The van der Waals surface area contributed by atoms with Crippen LogP contribution in [0.1, 0.15) is 25.0 Å². The van der Waals surface area contributed by atoms with Crippen molar-refractivity contribution in [2.24, 2.45) is 0 Å². The van der Waals surface area contributed by atoms with Crippen LogP contribution in [0.2, 0.25) is 0 Å². The Balaban J connectivity index is 2.22. The Morgan fingerprint density at radius 2 is 1.81 bits per heavy atom. The average molecular weight is 379 g/mol. The molecule has 8 heteroatoms. The van der Waals surface area contributed by atoms with Crippen LogP contribution in [-0.4, -0.2) is 31.0 Å². The van der Waals surface area contributed by atoms with Crippen molar-refractivity contribution >= 4 is 27.0 Å². The van der Waals surface area contributed by atoms with Gasteiger partial charge in [0.1, 0.15) is 17.4 Å². The molecule has 2 aromatic rings. The van der Waals surface area contributed by atoms with E-state index in [0.717, 1.165) is 24.5 Å². The van der Waals surface area contributed by atoms with E-state index in [-0.39, 0.29) is 27.5 Å². The SMILES string of the molecule is CC1(C)OC(c2ccc(S(C)(=O)=O)nc2)=C(c2cc(F)ccc2F)C1=O. The van der Waals surface area contributed by atoms with E-state index in [1.165, 1.54) is 32.2 Å². The lowest BCUT2D eigenvalue weighted by Gasteiger charge is -2.17. The molecular weight excluding hydrogens is 364 g/mol. The van der Waals surface area contributed by atoms with E-state index in [0.29, 0.717) is 0 Å². The number of ether oxygens (including phenoxy) is 1. The normalized spacial score (nSPS) is 16.7. The van der Waals surface area contributed by atoms with Gasteiger partial charge >= 0.3 is 0 Å². The van der Waals surface area contributed by atoms with Crippen molar-refractivity contribution in [1.82, 2.24) is 4.98 Å². The molecule has 1 aromatic heterocycles. The second-order valence-electron chi connectivity index (χ2n) is 6.43. The number of hydrogen-bond acceptors (Lipinski definition) is 5. The molecule has 0 saturated heterocycles. The minimum atomic E-state index is -3.50. The number of halogens is 2. The van der Waals surface area contributed by atoms with Crippen molar-refractivity contribution in [3.05, 3.63) is 59.3 Å². The number of benzene rings is 1. The lowest BCUT2D eigenvalue weighted by atomic mass is 9.92. The second kappa shape index (κ2) is 5.98. The summed E-state index contributed by atoms with van der Waals surface area (Å²) in [4.78, 5) is 16.6. The number of pyridine rings is 1. The molecule has 0 N–H and O–H groups in total. The third-order valence-electron chi connectivity index (χ3n) is 3.93. The van der Waals surface area contributed by atoms with Crippen molar-refractivity contribution in [3.8, 4) is 0 Å². The predicted octanol–water partition coefficient (Wildman–Crippen LogP) is 3.01. The van der Waals surface area contributed by atoms with Crippen LogP contribution in [0.5, 0.6) is 0 Å². The van der Waals surface area contributed by atoms with E-state index < -0.39 is 32.9 Å². The summed E-state index contributed by atoms with van der Waals surface area (Å²) in [6.45, 7) is 3.02. The fourth-order valence-electron chi connectivity index (χ4n) is 2.63. The molecule has 0 radical (unpaired) electrons. The third-order valence-corrected chi connectivity index (χ3v) is 4.94. The minimum absolute atomic E-state index is 0.0250.